The largest absolute Gasteiger partial charge is 0.494 e. The highest BCUT2D eigenvalue weighted by Crippen LogP contribution is 2.26. The molecule has 0 unspecified atom stereocenters. The van der Waals surface area contributed by atoms with Crippen molar-refractivity contribution in [2.24, 2.45) is 0 Å². The molecule has 2 amide bonds. The Morgan fingerprint density at radius 3 is 2.48 bits per heavy atom. The minimum atomic E-state index is -0.523. The second-order valence-corrected chi connectivity index (χ2v) is 7.35. The van der Waals surface area contributed by atoms with Gasteiger partial charge in [0.15, 0.2) is 5.11 Å². The zero-order valence-electron chi connectivity index (χ0n) is 17.2. The first-order valence-electron chi connectivity index (χ1n) is 9.87. The summed E-state index contributed by atoms with van der Waals surface area (Å²) in [4.78, 5) is 27.3. The Labute approximate surface area is 185 Å². The number of para-hydroxylation sites is 1. The average Bonchev–Trinajstić information content (AvgIpc) is 3.12. The summed E-state index contributed by atoms with van der Waals surface area (Å²) in [5, 5.41) is 2.66. The third kappa shape index (κ3) is 4.00. The van der Waals surface area contributed by atoms with Crippen LogP contribution in [0, 0.1) is 6.92 Å². The normalized spacial score (nSPS) is 15.4. The number of anilines is 1. The lowest BCUT2D eigenvalue weighted by molar-refractivity contribution is -0.122. The first-order valence-corrected chi connectivity index (χ1v) is 10.3. The van der Waals surface area contributed by atoms with Crippen LogP contribution in [0.25, 0.3) is 11.8 Å². The van der Waals surface area contributed by atoms with E-state index in [4.69, 9.17) is 17.0 Å². The molecule has 0 spiro atoms. The molecule has 2 heterocycles. The summed E-state index contributed by atoms with van der Waals surface area (Å²) in [6.45, 7) is 4.35. The van der Waals surface area contributed by atoms with Crippen LogP contribution in [0.15, 0.2) is 72.3 Å². The Morgan fingerprint density at radius 1 is 1.00 bits per heavy atom. The van der Waals surface area contributed by atoms with Gasteiger partial charge in [0.25, 0.3) is 11.8 Å². The van der Waals surface area contributed by atoms with Gasteiger partial charge in [0.05, 0.1) is 12.3 Å². The minimum absolute atomic E-state index is 0.00527. The van der Waals surface area contributed by atoms with Gasteiger partial charge in [-0.05, 0) is 68.5 Å². The zero-order chi connectivity index (χ0) is 22.0. The van der Waals surface area contributed by atoms with Gasteiger partial charge in [-0.1, -0.05) is 24.3 Å². The van der Waals surface area contributed by atoms with Gasteiger partial charge in [-0.3, -0.25) is 19.8 Å². The van der Waals surface area contributed by atoms with Gasteiger partial charge < -0.3 is 9.30 Å². The monoisotopic (exact) mass is 431 g/mol. The number of hydrogen-bond acceptors (Lipinski definition) is 4. The van der Waals surface area contributed by atoms with E-state index in [0.717, 1.165) is 17.1 Å². The number of amides is 2. The van der Waals surface area contributed by atoms with Crippen LogP contribution in [0.1, 0.15) is 18.3 Å². The molecule has 0 atom stereocenters. The molecule has 2 aromatic carbocycles. The number of thiocarbonyl (C=S) groups is 1. The Balaban J connectivity index is 1.75. The molecule has 1 fully saturated rings. The number of carbonyl (C=O) groups is 2. The summed E-state index contributed by atoms with van der Waals surface area (Å²) < 4.78 is 7.52. The van der Waals surface area contributed by atoms with Crippen molar-refractivity contribution in [2.45, 2.75) is 13.8 Å². The maximum absolute atomic E-state index is 13.3. The zero-order valence-corrected chi connectivity index (χ0v) is 18.0. The van der Waals surface area contributed by atoms with Crippen LogP contribution in [-0.2, 0) is 9.59 Å². The Kier molecular flexibility index (Phi) is 5.68. The number of ether oxygens (including phenoxy) is 1. The van der Waals surface area contributed by atoms with Crippen molar-refractivity contribution < 1.29 is 14.3 Å². The first-order chi connectivity index (χ1) is 15.0. The Bertz CT molecular complexity index is 1200. The van der Waals surface area contributed by atoms with Crippen LogP contribution in [0.3, 0.4) is 0 Å². The highest BCUT2D eigenvalue weighted by molar-refractivity contribution is 7.80. The number of aromatic nitrogens is 1. The van der Waals surface area contributed by atoms with E-state index in [1.807, 2.05) is 60.9 Å². The number of rotatable bonds is 5. The average molecular weight is 432 g/mol. The fraction of sp³-hybridized carbons (Fsp3) is 0.125. The topological polar surface area (TPSA) is 63.6 Å². The van der Waals surface area contributed by atoms with Crippen molar-refractivity contribution >= 4 is 40.9 Å². The molecule has 1 aliphatic heterocycles. The van der Waals surface area contributed by atoms with Crippen LogP contribution in [0.5, 0.6) is 5.75 Å². The molecule has 0 bridgehead atoms. The minimum Gasteiger partial charge on any atom is -0.494 e. The van der Waals surface area contributed by atoms with Gasteiger partial charge in [0, 0.05) is 23.1 Å². The summed E-state index contributed by atoms with van der Waals surface area (Å²) >= 11 is 5.30. The molecule has 156 valence electrons. The van der Waals surface area contributed by atoms with Gasteiger partial charge >= 0.3 is 0 Å². The van der Waals surface area contributed by atoms with Gasteiger partial charge in [0.1, 0.15) is 11.3 Å². The van der Waals surface area contributed by atoms with Crippen molar-refractivity contribution in [1.29, 1.82) is 0 Å². The van der Waals surface area contributed by atoms with E-state index in [1.54, 1.807) is 30.3 Å². The molecule has 1 aliphatic rings. The van der Waals surface area contributed by atoms with Gasteiger partial charge in [-0.2, -0.15) is 0 Å². The summed E-state index contributed by atoms with van der Waals surface area (Å²) in [7, 11) is 0. The maximum Gasteiger partial charge on any atom is 0.270 e. The van der Waals surface area contributed by atoms with Crippen LogP contribution < -0.4 is 15.0 Å². The number of carbonyl (C=O) groups excluding carboxylic acids is 2. The third-order valence-electron chi connectivity index (χ3n) is 4.90. The third-order valence-corrected chi connectivity index (χ3v) is 5.19. The molecule has 4 rings (SSSR count). The molecular formula is C24H21N3O3S. The van der Waals surface area contributed by atoms with Gasteiger partial charge in [-0.15, -0.1) is 0 Å². The van der Waals surface area contributed by atoms with E-state index in [-0.39, 0.29) is 10.7 Å². The molecule has 6 nitrogen and oxygen atoms in total. The lowest BCUT2D eigenvalue weighted by atomic mass is 10.1. The molecule has 3 aromatic rings. The predicted molar refractivity (Wildman–Crippen MR) is 124 cm³/mol. The quantitative estimate of drug-likeness (QED) is 0.377. The van der Waals surface area contributed by atoms with Gasteiger partial charge in [0.2, 0.25) is 0 Å². The van der Waals surface area contributed by atoms with Crippen molar-refractivity contribution in [2.75, 3.05) is 11.5 Å². The van der Waals surface area contributed by atoms with Crippen molar-refractivity contribution in [1.82, 2.24) is 9.88 Å². The summed E-state index contributed by atoms with van der Waals surface area (Å²) in [6.07, 6.45) is 1.60. The summed E-state index contributed by atoms with van der Waals surface area (Å²) in [5.74, 6) is -0.391. The predicted octanol–water partition coefficient (Wildman–Crippen LogP) is 4.02. The van der Waals surface area contributed by atoms with E-state index in [2.05, 4.69) is 5.32 Å². The molecule has 0 radical (unpaired) electrons. The van der Waals surface area contributed by atoms with E-state index in [0.29, 0.717) is 18.0 Å². The molecule has 1 N–H and O–H groups in total. The number of hydrogen-bond donors (Lipinski definition) is 1. The highest BCUT2D eigenvalue weighted by Gasteiger charge is 2.35. The highest BCUT2D eigenvalue weighted by atomic mass is 32.1. The van der Waals surface area contributed by atoms with Crippen molar-refractivity contribution in [3.05, 3.63) is 83.7 Å². The van der Waals surface area contributed by atoms with Crippen molar-refractivity contribution in [3.63, 3.8) is 0 Å². The second kappa shape index (κ2) is 8.57. The van der Waals surface area contributed by atoms with E-state index in [9.17, 15) is 9.59 Å². The fourth-order valence-electron chi connectivity index (χ4n) is 3.52. The first kappa shape index (κ1) is 20.6. The number of nitrogens with one attached hydrogen (secondary N) is 1. The lowest BCUT2D eigenvalue weighted by Gasteiger charge is -2.29. The van der Waals surface area contributed by atoms with E-state index in [1.165, 1.54) is 4.90 Å². The van der Waals surface area contributed by atoms with Crippen LogP contribution in [-0.4, -0.2) is 28.1 Å². The lowest BCUT2D eigenvalue weighted by Crippen LogP contribution is -2.54. The number of benzene rings is 2. The molecule has 0 aliphatic carbocycles. The van der Waals surface area contributed by atoms with Gasteiger partial charge in [-0.25, -0.2) is 0 Å². The fourth-order valence-corrected chi connectivity index (χ4v) is 3.80. The van der Waals surface area contributed by atoms with Crippen molar-refractivity contribution in [3.8, 4) is 11.4 Å². The molecular weight excluding hydrogens is 410 g/mol. The van der Waals surface area contributed by atoms with E-state index >= 15 is 0 Å². The molecule has 31 heavy (non-hydrogen) atoms. The Hall–Kier alpha value is -3.71. The maximum atomic E-state index is 13.3. The number of aryl methyl sites for hydroxylation is 1. The molecule has 7 heteroatoms. The standard InChI is InChI=1S/C24H21N3O3S/c1-3-30-20-11-7-10-18(14-20)27-23(29)21(22(28)25-24(27)31)15-19-13-12-16(2)26(19)17-8-5-4-6-9-17/h4-15H,3H2,1-2H3,(H,25,28,31)/b21-15+. The van der Waals surface area contributed by atoms with Crippen LogP contribution in [0.4, 0.5) is 5.69 Å². The SMILES string of the molecule is CCOc1cccc(N2C(=O)/C(=C/c3ccc(C)n3-c3ccccc3)C(=O)NC2=S)c1. The van der Waals surface area contributed by atoms with Crippen LogP contribution >= 0.6 is 12.2 Å². The molecule has 1 saturated heterocycles. The number of nitrogens with zero attached hydrogens (tertiary/aromatic N) is 2. The van der Waals surface area contributed by atoms with Crippen LogP contribution in [0.2, 0.25) is 0 Å². The molecule has 0 saturated carbocycles. The molecule has 1 aromatic heterocycles. The Morgan fingerprint density at radius 2 is 1.74 bits per heavy atom. The summed E-state index contributed by atoms with van der Waals surface area (Å²) in [6, 6.07) is 20.6. The van der Waals surface area contributed by atoms with E-state index < -0.39 is 11.8 Å². The second-order valence-electron chi connectivity index (χ2n) is 6.96. The smallest absolute Gasteiger partial charge is 0.270 e. The summed E-state index contributed by atoms with van der Waals surface area (Å²) in [5.41, 5.74) is 3.18.